The van der Waals surface area contributed by atoms with Crippen LogP contribution in [0.4, 0.5) is 5.69 Å². The second kappa shape index (κ2) is 5.09. The van der Waals surface area contributed by atoms with Gasteiger partial charge in [-0.05, 0) is 24.9 Å². The number of pyridine rings is 1. The Balaban J connectivity index is 2.15. The number of para-hydroxylation sites is 1. The molecule has 20 heavy (non-hydrogen) atoms. The van der Waals surface area contributed by atoms with Gasteiger partial charge in [0.05, 0.1) is 16.8 Å². The number of amides is 1. The highest BCUT2D eigenvalue weighted by Crippen LogP contribution is 2.32. The Kier molecular flexibility index (Phi) is 3.28. The van der Waals surface area contributed by atoms with Gasteiger partial charge in [0.2, 0.25) is 0 Å². The summed E-state index contributed by atoms with van der Waals surface area (Å²) in [5.74, 6) is 0.0390. The lowest BCUT2D eigenvalue weighted by Gasteiger charge is -2.22. The van der Waals surface area contributed by atoms with Crippen molar-refractivity contribution in [2.75, 3.05) is 24.5 Å². The van der Waals surface area contributed by atoms with Crippen molar-refractivity contribution >= 4 is 22.5 Å². The number of rotatable bonds is 3. The highest BCUT2D eigenvalue weighted by molar-refractivity contribution is 6.06. The summed E-state index contributed by atoms with van der Waals surface area (Å²) in [5.41, 5.74) is 13.5. The third kappa shape index (κ3) is 2.10. The fourth-order valence-corrected chi connectivity index (χ4v) is 2.88. The first-order valence-corrected chi connectivity index (χ1v) is 6.83. The minimum Gasteiger partial charge on any atom is -0.370 e. The summed E-state index contributed by atoms with van der Waals surface area (Å²) in [6.45, 7) is 2.44. The molecule has 1 amide bonds. The van der Waals surface area contributed by atoms with Gasteiger partial charge in [0.15, 0.2) is 0 Å². The van der Waals surface area contributed by atoms with Gasteiger partial charge < -0.3 is 16.4 Å². The van der Waals surface area contributed by atoms with Crippen molar-refractivity contribution in [3.05, 3.63) is 36.0 Å². The Morgan fingerprint density at radius 1 is 1.40 bits per heavy atom. The van der Waals surface area contributed by atoms with Crippen LogP contribution < -0.4 is 16.4 Å². The number of anilines is 1. The van der Waals surface area contributed by atoms with E-state index in [9.17, 15) is 4.79 Å². The van der Waals surface area contributed by atoms with E-state index in [-0.39, 0.29) is 0 Å². The molecule has 2 aromatic rings. The van der Waals surface area contributed by atoms with Crippen LogP contribution in [0.3, 0.4) is 0 Å². The molecule has 3 rings (SSSR count). The number of nitrogens with two attached hydrogens (primary N) is 2. The molecule has 1 saturated heterocycles. The van der Waals surface area contributed by atoms with E-state index >= 15 is 0 Å². The van der Waals surface area contributed by atoms with E-state index in [0.717, 1.165) is 36.1 Å². The number of nitrogens with zero attached hydrogens (tertiary/aromatic N) is 2. The molecule has 1 unspecified atom stereocenters. The third-order valence-corrected chi connectivity index (χ3v) is 3.95. The molecule has 0 radical (unpaired) electrons. The zero-order valence-electron chi connectivity index (χ0n) is 11.2. The largest absolute Gasteiger partial charge is 0.370 e. The van der Waals surface area contributed by atoms with Crippen LogP contribution in [-0.4, -0.2) is 30.5 Å². The van der Waals surface area contributed by atoms with Crippen molar-refractivity contribution in [1.82, 2.24) is 4.98 Å². The summed E-state index contributed by atoms with van der Waals surface area (Å²) in [7, 11) is 0. The van der Waals surface area contributed by atoms with Gasteiger partial charge in [-0.15, -0.1) is 0 Å². The monoisotopic (exact) mass is 270 g/mol. The molecule has 0 saturated carbocycles. The number of carbonyl (C=O) groups is 1. The molecule has 1 aliphatic rings. The van der Waals surface area contributed by atoms with Crippen LogP contribution in [-0.2, 0) is 0 Å². The van der Waals surface area contributed by atoms with Crippen LogP contribution in [0.25, 0.3) is 10.9 Å². The number of aromatic nitrogens is 1. The molecule has 0 spiro atoms. The Morgan fingerprint density at radius 2 is 2.20 bits per heavy atom. The average Bonchev–Trinajstić information content (AvgIpc) is 2.94. The van der Waals surface area contributed by atoms with Gasteiger partial charge in [-0.2, -0.15) is 0 Å². The molecule has 4 N–H and O–H groups in total. The van der Waals surface area contributed by atoms with Crippen LogP contribution in [0.2, 0.25) is 0 Å². The van der Waals surface area contributed by atoms with Crippen LogP contribution >= 0.6 is 0 Å². The lowest BCUT2D eigenvalue weighted by atomic mass is 10.1. The van der Waals surface area contributed by atoms with Crippen molar-refractivity contribution in [3.8, 4) is 0 Å². The highest BCUT2D eigenvalue weighted by Gasteiger charge is 2.26. The topological polar surface area (TPSA) is 85.2 Å². The Bertz CT molecular complexity index is 655. The molecule has 1 aromatic heterocycles. The van der Waals surface area contributed by atoms with Gasteiger partial charge in [-0.1, -0.05) is 18.2 Å². The summed E-state index contributed by atoms with van der Waals surface area (Å²) in [6.07, 6.45) is 2.63. The molecular formula is C15H18N4O. The van der Waals surface area contributed by atoms with Gasteiger partial charge in [0, 0.05) is 24.7 Å². The van der Waals surface area contributed by atoms with E-state index in [1.165, 1.54) is 0 Å². The number of fused-ring (bicyclic) bond motifs is 1. The van der Waals surface area contributed by atoms with Crippen LogP contribution in [0.5, 0.6) is 0 Å². The first-order valence-electron chi connectivity index (χ1n) is 6.83. The predicted molar refractivity (Wildman–Crippen MR) is 79.6 cm³/mol. The number of benzene rings is 1. The fourth-order valence-electron chi connectivity index (χ4n) is 2.88. The highest BCUT2D eigenvalue weighted by atomic mass is 16.1. The molecule has 5 nitrogen and oxygen atoms in total. The smallest absolute Gasteiger partial charge is 0.252 e. The van der Waals surface area contributed by atoms with E-state index in [1.54, 1.807) is 6.20 Å². The molecule has 0 bridgehead atoms. The molecule has 1 aliphatic heterocycles. The van der Waals surface area contributed by atoms with Gasteiger partial charge in [-0.3, -0.25) is 9.78 Å². The molecule has 104 valence electrons. The van der Waals surface area contributed by atoms with Gasteiger partial charge in [-0.25, -0.2) is 0 Å². The van der Waals surface area contributed by atoms with Crippen molar-refractivity contribution in [2.24, 2.45) is 17.4 Å². The first-order chi connectivity index (χ1) is 9.70. The maximum Gasteiger partial charge on any atom is 0.252 e. The number of carbonyl (C=O) groups excluding carboxylic acids is 1. The van der Waals surface area contributed by atoms with E-state index in [0.29, 0.717) is 18.0 Å². The molecule has 0 aliphatic carbocycles. The summed E-state index contributed by atoms with van der Waals surface area (Å²) in [6, 6.07) is 7.82. The SMILES string of the molecule is NCC1CCN(c2c(C(N)=O)cnc3ccccc23)C1. The first kappa shape index (κ1) is 12.9. The van der Waals surface area contributed by atoms with E-state index in [2.05, 4.69) is 9.88 Å². The second-order valence-corrected chi connectivity index (χ2v) is 5.24. The van der Waals surface area contributed by atoms with Crippen molar-refractivity contribution in [1.29, 1.82) is 0 Å². The Labute approximate surface area is 117 Å². The summed E-state index contributed by atoms with van der Waals surface area (Å²) >= 11 is 0. The fraction of sp³-hybridized carbons (Fsp3) is 0.333. The van der Waals surface area contributed by atoms with Crippen molar-refractivity contribution < 1.29 is 4.79 Å². The number of primary amides is 1. The normalized spacial score (nSPS) is 18.6. The molecule has 2 heterocycles. The maximum atomic E-state index is 11.7. The molecule has 5 heteroatoms. The predicted octanol–water partition coefficient (Wildman–Crippen LogP) is 1.12. The Morgan fingerprint density at radius 3 is 2.90 bits per heavy atom. The van der Waals surface area contributed by atoms with E-state index in [4.69, 9.17) is 11.5 Å². The zero-order valence-corrected chi connectivity index (χ0v) is 11.2. The lowest BCUT2D eigenvalue weighted by molar-refractivity contribution is 0.100. The Hall–Kier alpha value is -2.14. The van der Waals surface area contributed by atoms with E-state index < -0.39 is 5.91 Å². The van der Waals surface area contributed by atoms with E-state index in [1.807, 2.05) is 24.3 Å². The quantitative estimate of drug-likeness (QED) is 0.875. The number of hydrogen-bond donors (Lipinski definition) is 2. The van der Waals surface area contributed by atoms with Gasteiger partial charge in [0.25, 0.3) is 5.91 Å². The molecule has 1 atom stereocenters. The summed E-state index contributed by atoms with van der Waals surface area (Å²) in [5, 5.41) is 0.974. The van der Waals surface area contributed by atoms with Crippen LogP contribution in [0.15, 0.2) is 30.5 Å². The standard InChI is InChI=1S/C15H18N4O/c16-7-10-5-6-19(9-10)14-11-3-1-2-4-13(11)18-8-12(14)15(17)20/h1-4,8,10H,5-7,9,16H2,(H2,17,20). The summed E-state index contributed by atoms with van der Waals surface area (Å²) in [4.78, 5) is 18.2. The summed E-state index contributed by atoms with van der Waals surface area (Å²) < 4.78 is 0. The van der Waals surface area contributed by atoms with Gasteiger partial charge >= 0.3 is 0 Å². The zero-order chi connectivity index (χ0) is 14.1. The van der Waals surface area contributed by atoms with Crippen LogP contribution in [0.1, 0.15) is 16.8 Å². The minimum atomic E-state index is -0.436. The second-order valence-electron chi connectivity index (χ2n) is 5.24. The third-order valence-electron chi connectivity index (χ3n) is 3.95. The average molecular weight is 270 g/mol. The van der Waals surface area contributed by atoms with Crippen molar-refractivity contribution in [2.45, 2.75) is 6.42 Å². The van der Waals surface area contributed by atoms with Crippen LogP contribution in [0, 0.1) is 5.92 Å². The minimum absolute atomic E-state index is 0.436. The lowest BCUT2D eigenvalue weighted by Crippen LogP contribution is -2.26. The van der Waals surface area contributed by atoms with Crippen molar-refractivity contribution in [3.63, 3.8) is 0 Å². The number of hydrogen-bond acceptors (Lipinski definition) is 4. The maximum absolute atomic E-state index is 11.7. The van der Waals surface area contributed by atoms with Gasteiger partial charge in [0.1, 0.15) is 0 Å². The molecule has 1 fully saturated rings. The molecule has 1 aromatic carbocycles. The molecular weight excluding hydrogens is 252 g/mol.